The monoisotopic (exact) mass is 601 g/mol. The molecule has 13 heteroatoms. The first kappa shape index (κ1) is 28.8. The fraction of sp³-hybridized carbons (Fsp3) is 0.103. The van der Waals surface area contributed by atoms with E-state index >= 15 is 0 Å². The molecule has 5 aromatic rings. The van der Waals surface area contributed by atoms with Gasteiger partial charge in [-0.1, -0.05) is 59.3 Å². The molecule has 0 spiro atoms. The van der Waals surface area contributed by atoms with Crippen molar-refractivity contribution in [2.45, 2.75) is 18.9 Å². The van der Waals surface area contributed by atoms with Crippen molar-refractivity contribution in [1.82, 2.24) is 20.0 Å². The van der Waals surface area contributed by atoms with Gasteiger partial charge in [0.1, 0.15) is 11.4 Å². The molecule has 214 valence electrons. The fourth-order valence-electron chi connectivity index (χ4n) is 4.42. The second-order valence-corrected chi connectivity index (χ2v) is 9.56. The number of pyridine rings is 1. The number of benzene rings is 3. The van der Waals surface area contributed by atoms with E-state index < -0.39 is 35.8 Å². The lowest BCUT2D eigenvalue weighted by atomic mass is 9.97. The number of nitrogens with zero attached hydrogens (tertiary/aromatic N) is 4. The number of alkyl halides is 6. The zero-order valence-corrected chi connectivity index (χ0v) is 22.0. The highest BCUT2D eigenvalue weighted by Crippen LogP contribution is 2.38. The van der Waals surface area contributed by atoms with E-state index in [0.29, 0.717) is 17.7 Å². The third kappa shape index (κ3) is 5.70. The number of nitrogens with two attached hydrogens (primary N) is 1. The summed E-state index contributed by atoms with van der Waals surface area (Å²) >= 11 is 6.26. The Morgan fingerprint density at radius 2 is 1.45 bits per heavy atom. The normalized spacial score (nSPS) is 12.0. The van der Waals surface area contributed by atoms with Crippen molar-refractivity contribution in [2.24, 2.45) is 0 Å². The van der Waals surface area contributed by atoms with Crippen LogP contribution in [0, 0.1) is 0 Å². The first-order valence-corrected chi connectivity index (χ1v) is 12.5. The van der Waals surface area contributed by atoms with Crippen molar-refractivity contribution < 1.29 is 31.1 Å². The molecule has 0 atom stereocenters. The Labute approximate surface area is 239 Å². The second kappa shape index (κ2) is 10.9. The van der Waals surface area contributed by atoms with Gasteiger partial charge in [0, 0.05) is 23.0 Å². The predicted molar refractivity (Wildman–Crippen MR) is 144 cm³/mol. The van der Waals surface area contributed by atoms with Crippen LogP contribution in [0.2, 0.25) is 5.02 Å². The first-order valence-electron chi connectivity index (χ1n) is 12.2. The fourth-order valence-corrected chi connectivity index (χ4v) is 4.64. The van der Waals surface area contributed by atoms with Crippen LogP contribution in [0.1, 0.15) is 32.6 Å². The summed E-state index contributed by atoms with van der Waals surface area (Å²) in [7, 11) is 0. The lowest BCUT2D eigenvalue weighted by molar-refractivity contribution is -0.143. The second-order valence-electron chi connectivity index (χ2n) is 9.16. The van der Waals surface area contributed by atoms with E-state index in [0.717, 1.165) is 4.68 Å². The van der Waals surface area contributed by atoms with E-state index in [9.17, 15) is 31.1 Å². The molecule has 0 radical (unpaired) electrons. The molecular weight excluding hydrogens is 584 g/mol. The molecule has 0 saturated heterocycles. The van der Waals surface area contributed by atoms with Gasteiger partial charge in [-0.15, -0.1) is 5.10 Å². The SMILES string of the molecule is Nc1ccnc(-c2nnn(Cc3cc(C(F)(F)F)cc(C(F)(F)F)c3)c2-c2ccccc2)c1C(=O)c1ccccc1Cl. The molecule has 0 fully saturated rings. The molecule has 0 unspecified atom stereocenters. The Morgan fingerprint density at radius 3 is 2.07 bits per heavy atom. The van der Waals surface area contributed by atoms with Crippen molar-refractivity contribution in [1.29, 1.82) is 0 Å². The van der Waals surface area contributed by atoms with Gasteiger partial charge in [0.15, 0.2) is 5.78 Å². The van der Waals surface area contributed by atoms with Crippen molar-refractivity contribution in [3.63, 3.8) is 0 Å². The number of nitrogen functional groups attached to an aromatic ring is 1. The van der Waals surface area contributed by atoms with E-state index in [1.54, 1.807) is 42.5 Å². The minimum atomic E-state index is -5.02. The van der Waals surface area contributed by atoms with Gasteiger partial charge in [0.2, 0.25) is 0 Å². The minimum Gasteiger partial charge on any atom is -0.398 e. The van der Waals surface area contributed by atoms with Crippen LogP contribution in [-0.2, 0) is 18.9 Å². The molecule has 0 aliphatic rings. The molecule has 6 nitrogen and oxygen atoms in total. The number of hydrogen-bond acceptors (Lipinski definition) is 5. The Hall–Kier alpha value is -4.71. The summed E-state index contributed by atoms with van der Waals surface area (Å²) in [5.41, 5.74) is 3.79. The van der Waals surface area contributed by atoms with Crippen LogP contribution in [0.15, 0.2) is 85.1 Å². The highest BCUT2D eigenvalue weighted by molar-refractivity contribution is 6.35. The molecule has 0 amide bonds. The molecule has 2 N–H and O–H groups in total. The van der Waals surface area contributed by atoms with Crippen LogP contribution in [0.4, 0.5) is 32.0 Å². The Balaban J connectivity index is 1.70. The van der Waals surface area contributed by atoms with E-state index in [2.05, 4.69) is 15.3 Å². The molecule has 0 bridgehead atoms. The van der Waals surface area contributed by atoms with Gasteiger partial charge < -0.3 is 5.73 Å². The van der Waals surface area contributed by atoms with Gasteiger partial charge >= 0.3 is 12.4 Å². The molecule has 0 aliphatic heterocycles. The summed E-state index contributed by atoms with van der Waals surface area (Å²) in [5.74, 6) is -0.567. The number of aromatic nitrogens is 4. The number of halogens is 7. The largest absolute Gasteiger partial charge is 0.416 e. The topological polar surface area (TPSA) is 86.7 Å². The maximum absolute atomic E-state index is 13.6. The summed E-state index contributed by atoms with van der Waals surface area (Å²) in [4.78, 5) is 17.9. The number of carbonyl (C=O) groups excluding carboxylic acids is 1. The highest BCUT2D eigenvalue weighted by Gasteiger charge is 2.37. The lowest BCUT2D eigenvalue weighted by Gasteiger charge is -2.15. The smallest absolute Gasteiger partial charge is 0.398 e. The quantitative estimate of drug-likeness (QED) is 0.160. The third-order valence-corrected chi connectivity index (χ3v) is 6.64. The number of anilines is 1. The van der Waals surface area contributed by atoms with Gasteiger partial charge in [-0.25, -0.2) is 4.68 Å². The van der Waals surface area contributed by atoms with Crippen LogP contribution < -0.4 is 5.73 Å². The van der Waals surface area contributed by atoms with E-state index in [4.69, 9.17) is 17.3 Å². The molecule has 2 aromatic heterocycles. The van der Waals surface area contributed by atoms with E-state index in [-0.39, 0.29) is 50.5 Å². The van der Waals surface area contributed by atoms with Crippen molar-refractivity contribution >= 4 is 23.1 Å². The average Bonchev–Trinajstić information content (AvgIpc) is 3.35. The number of hydrogen-bond donors (Lipinski definition) is 1. The number of ketones is 1. The zero-order chi connectivity index (χ0) is 30.2. The molecule has 0 saturated carbocycles. The van der Waals surface area contributed by atoms with Gasteiger partial charge in [-0.05, 0) is 42.0 Å². The van der Waals surface area contributed by atoms with Crippen molar-refractivity contribution in [3.8, 4) is 22.6 Å². The lowest BCUT2D eigenvalue weighted by Crippen LogP contribution is -2.13. The number of rotatable bonds is 6. The number of carbonyl (C=O) groups is 1. The van der Waals surface area contributed by atoms with Gasteiger partial charge in [0.25, 0.3) is 0 Å². The van der Waals surface area contributed by atoms with Crippen LogP contribution in [0.3, 0.4) is 0 Å². The molecular formula is C29H18ClF6N5O. The first-order chi connectivity index (χ1) is 19.8. The maximum Gasteiger partial charge on any atom is 0.416 e. The van der Waals surface area contributed by atoms with Crippen molar-refractivity contribution in [3.05, 3.63) is 118 Å². The molecule has 3 aromatic carbocycles. The molecule has 0 aliphatic carbocycles. The van der Waals surface area contributed by atoms with Gasteiger partial charge in [-0.3, -0.25) is 9.78 Å². The standard InChI is InChI=1S/C29H18ClF6N5O/c30-21-9-5-4-8-20(21)27(42)23-22(37)10-11-38-24(23)25-26(17-6-2-1-3-7-17)41(40-39-25)15-16-12-18(28(31,32)33)14-19(13-16)29(34,35)36/h1-14H,15H2,(H2,37,38). The summed E-state index contributed by atoms with van der Waals surface area (Å²) < 4.78 is 82.2. The van der Waals surface area contributed by atoms with Crippen molar-refractivity contribution in [2.75, 3.05) is 5.73 Å². The van der Waals surface area contributed by atoms with Crippen LogP contribution >= 0.6 is 11.6 Å². The molecule has 5 rings (SSSR count). The predicted octanol–water partition coefficient (Wildman–Crippen LogP) is 7.56. The Morgan fingerprint density at radius 1 is 0.833 bits per heavy atom. The van der Waals surface area contributed by atoms with Gasteiger partial charge in [-0.2, -0.15) is 26.3 Å². The minimum absolute atomic E-state index is 0.00467. The van der Waals surface area contributed by atoms with Gasteiger partial charge in [0.05, 0.1) is 34.0 Å². The zero-order valence-electron chi connectivity index (χ0n) is 21.2. The van der Waals surface area contributed by atoms with Crippen LogP contribution in [0.25, 0.3) is 22.6 Å². The van der Waals surface area contributed by atoms with Crippen LogP contribution in [-0.4, -0.2) is 25.8 Å². The van der Waals surface area contributed by atoms with E-state index in [1.165, 1.54) is 24.4 Å². The van der Waals surface area contributed by atoms with Crippen LogP contribution in [0.5, 0.6) is 0 Å². The maximum atomic E-state index is 13.6. The molecule has 42 heavy (non-hydrogen) atoms. The third-order valence-electron chi connectivity index (χ3n) is 6.32. The summed E-state index contributed by atoms with van der Waals surface area (Å²) in [6.45, 7) is -0.514. The Bertz CT molecular complexity index is 1750. The average molecular weight is 602 g/mol. The summed E-state index contributed by atoms with van der Waals surface area (Å²) in [6.07, 6.45) is -8.71. The highest BCUT2D eigenvalue weighted by atomic mass is 35.5. The summed E-state index contributed by atoms with van der Waals surface area (Å²) in [6, 6.07) is 17.3. The Kier molecular flexibility index (Phi) is 7.50. The van der Waals surface area contributed by atoms with E-state index in [1.807, 2.05) is 0 Å². The summed E-state index contributed by atoms with van der Waals surface area (Å²) in [5, 5.41) is 8.38. The molecule has 2 heterocycles.